The van der Waals surface area contributed by atoms with Crippen molar-refractivity contribution in [2.24, 2.45) is 0 Å². The Balaban J connectivity index is 1.61. The van der Waals surface area contributed by atoms with Crippen molar-refractivity contribution in [3.8, 4) is 17.2 Å². The van der Waals surface area contributed by atoms with E-state index in [4.69, 9.17) is 15.2 Å². The van der Waals surface area contributed by atoms with Gasteiger partial charge >= 0.3 is 0 Å². The third kappa shape index (κ3) is 3.43. The summed E-state index contributed by atoms with van der Waals surface area (Å²) in [5.74, 6) is 1.51. The van der Waals surface area contributed by atoms with Gasteiger partial charge < -0.3 is 20.5 Å². The summed E-state index contributed by atoms with van der Waals surface area (Å²) < 4.78 is 11.5. The molecule has 6 heteroatoms. The number of carbonyl (C=O) groups is 2. The molecule has 4 rings (SSSR count). The lowest BCUT2D eigenvalue weighted by molar-refractivity contribution is -0.105. The second kappa shape index (κ2) is 7.28. The highest BCUT2D eigenvalue weighted by Gasteiger charge is 2.30. The SMILES string of the molecule is Nc1cc(NC=O)cc2c1O/C(=C\c1cccc(Oc3ccccc3)c1)C2=O. The summed E-state index contributed by atoms with van der Waals surface area (Å²) in [5.41, 5.74) is 7.72. The number of carbonyl (C=O) groups excluding carboxylic acids is 2. The van der Waals surface area contributed by atoms with E-state index >= 15 is 0 Å². The Kier molecular flexibility index (Phi) is 4.51. The fourth-order valence-electron chi connectivity index (χ4n) is 2.91. The van der Waals surface area contributed by atoms with Crippen LogP contribution >= 0.6 is 0 Å². The zero-order valence-electron chi connectivity index (χ0n) is 14.7. The standard InChI is InChI=1S/C22H16N2O4/c23-19-12-15(24-13-25)11-18-21(26)20(28-22(18)19)10-14-5-4-8-17(9-14)27-16-6-2-1-3-7-16/h1-13H,23H2,(H,24,25)/b20-10-. The Labute approximate surface area is 161 Å². The molecule has 0 bridgehead atoms. The molecule has 3 aromatic rings. The summed E-state index contributed by atoms with van der Waals surface area (Å²) in [4.78, 5) is 23.3. The van der Waals surface area contributed by atoms with Crippen LogP contribution in [0.25, 0.3) is 6.08 Å². The molecule has 0 fully saturated rings. The molecule has 0 unspecified atom stereocenters. The Hall–Kier alpha value is -4.06. The van der Waals surface area contributed by atoms with Crippen molar-refractivity contribution in [2.75, 3.05) is 11.1 Å². The number of fused-ring (bicyclic) bond motifs is 1. The van der Waals surface area contributed by atoms with Crippen LogP contribution < -0.4 is 20.5 Å². The number of ether oxygens (including phenoxy) is 2. The average molecular weight is 372 g/mol. The number of hydrogen-bond donors (Lipinski definition) is 2. The van der Waals surface area contributed by atoms with Crippen LogP contribution in [-0.4, -0.2) is 12.2 Å². The van der Waals surface area contributed by atoms with Crippen molar-refractivity contribution in [3.05, 3.63) is 83.6 Å². The fraction of sp³-hybridized carbons (Fsp3) is 0. The number of nitrogens with one attached hydrogen (secondary N) is 1. The first-order valence-corrected chi connectivity index (χ1v) is 8.55. The van der Waals surface area contributed by atoms with Gasteiger partial charge in [0.05, 0.1) is 11.3 Å². The lowest BCUT2D eigenvalue weighted by Crippen LogP contribution is -1.99. The van der Waals surface area contributed by atoms with Crippen LogP contribution in [0.5, 0.6) is 17.2 Å². The number of Topliss-reactive ketones (excluding diaryl/α,β-unsaturated/α-hetero) is 1. The Bertz CT molecular complexity index is 1090. The van der Waals surface area contributed by atoms with Gasteiger partial charge in [-0.2, -0.15) is 0 Å². The first-order chi connectivity index (χ1) is 13.6. The van der Waals surface area contributed by atoms with Crippen LogP contribution in [0.15, 0.2) is 72.5 Å². The number of allylic oxidation sites excluding steroid dienone is 1. The molecule has 0 saturated carbocycles. The molecule has 3 aromatic carbocycles. The molecular weight excluding hydrogens is 356 g/mol. The minimum Gasteiger partial charge on any atom is -0.457 e. The molecule has 1 heterocycles. The number of ketones is 1. The van der Waals surface area contributed by atoms with E-state index in [9.17, 15) is 9.59 Å². The molecule has 0 saturated heterocycles. The zero-order valence-corrected chi connectivity index (χ0v) is 14.7. The van der Waals surface area contributed by atoms with Crippen LogP contribution in [0.1, 0.15) is 15.9 Å². The van der Waals surface area contributed by atoms with Crippen molar-refractivity contribution in [3.63, 3.8) is 0 Å². The van der Waals surface area contributed by atoms with Gasteiger partial charge in [0.15, 0.2) is 11.5 Å². The first-order valence-electron chi connectivity index (χ1n) is 8.55. The number of rotatable bonds is 5. The Morgan fingerprint density at radius 2 is 1.75 bits per heavy atom. The molecule has 0 atom stereocenters. The zero-order chi connectivity index (χ0) is 19.5. The van der Waals surface area contributed by atoms with Crippen molar-refractivity contribution in [2.45, 2.75) is 0 Å². The number of anilines is 2. The van der Waals surface area contributed by atoms with Gasteiger partial charge in [-0.3, -0.25) is 9.59 Å². The average Bonchev–Trinajstić information content (AvgIpc) is 3.00. The molecule has 1 aliphatic rings. The summed E-state index contributed by atoms with van der Waals surface area (Å²) in [6.07, 6.45) is 2.16. The number of amides is 1. The smallest absolute Gasteiger partial charge is 0.232 e. The summed E-state index contributed by atoms with van der Waals surface area (Å²) in [6, 6.07) is 19.8. The van der Waals surface area contributed by atoms with Gasteiger partial charge in [0.1, 0.15) is 11.5 Å². The number of nitrogens with two attached hydrogens (primary N) is 1. The second-order valence-electron chi connectivity index (χ2n) is 6.13. The topological polar surface area (TPSA) is 90.7 Å². The van der Waals surface area contributed by atoms with Crippen LogP contribution in [0.2, 0.25) is 0 Å². The van der Waals surface area contributed by atoms with Crippen LogP contribution in [0.3, 0.4) is 0 Å². The van der Waals surface area contributed by atoms with E-state index in [1.165, 1.54) is 12.1 Å². The minimum absolute atomic E-state index is 0.154. The van der Waals surface area contributed by atoms with E-state index < -0.39 is 0 Å². The highest BCUT2D eigenvalue weighted by Crippen LogP contribution is 2.39. The van der Waals surface area contributed by atoms with E-state index in [-0.39, 0.29) is 17.2 Å². The molecule has 0 aromatic heterocycles. The van der Waals surface area contributed by atoms with E-state index in [2.05, 4.69) is 5.32 Å². The normalized spacial score (nSPS) is 13.7. The summed E-state index contributed by atoms with van der Waals surface area (Å²) in [6.45, 7) is 0. The van der Waals surface area contributed by atoms with Crippen molar-refractivity contribution >= 4 is 29.6 Å². The fourth-order valence-corrected chi connectivity index (χ4v) is 2.91. The highest BCUT2D eigenvalue weighted by molar-refractivity contribution is 6.16. The van der Waals surface area contributed by atoms with E-state index in [0.717, 1.165) is 11.3 Å². The van der Waals surface area contributed by atoms with Crippen LogP contribution in [-0.2, 0) is 4.79 Å². The quantitative estimate of drug-likeness (QED) is 0.397. The van der Waals surface area contributed by atoms with Crippen molar-refractivity contribution in [1.82, 2.24) is 0 Å². The highest BCUT2D eigenvalue weighted by atomic mass is 16.5. The molecular formula is C22H16N2O4. The maximum atomic E-state index is 12.7. The van der Waals surface area contributed by atoms with Crippen LogP contribution in [0, 0.1) is 0 Å². The van der Waals surface area contributed by atoms with Gasteiger partial charge in [-0.25, -0.2) is 0 Å². The lowest BCUT2D eigenvalue weighted by Gasteiger charge is -2.06. The van der Waals surface area contributed by atoms with E-state index in [1.54, 1.807) is 6.08 Å². The number of nitrogen functional groups attached to an aromatic ring is 1. The van der Waals surface area contributed by atoms with Gasteiger partial charge in [-0.1, -0.05) is 30.3 Å². The molecule has 0 aliphatic carbocycles. The molecule has 6 nitrogen and oxygen atoms in total. The summed E-state index contributed by atoms with van der Waals surface area (Å²) in [7, 11) is 0. The van der Waals surface area contributed by atoms with Gasteiger partial charge in [0.2, 0.25) is 12.2 Å². The third-order valence-corrected chi connectivity index (χ3v) is 4.16. The largest absolute Gasteiger partial charge is 0.457 e. The predicted octanol–water partition coefficient (Wildman–Crippen LogP) is 4.25. The second-order valence-corrected chi connectivity index (χ2v) is 6.13. The maximum Gasteiger partial charge on any atom is 0.232 e. The van der Waals surface area contributed by atoms with Gasteiger partial charge in [-0.15, -0.1) is 0 Å². The van der Waals surface area contributed by atoms with Gasteiger partial charge in [0.25, 0.3) is 0 Å². The first kappa shape index (κ1) is 17.4. The van der Waals surface area contributed by atoms with E-state index in [0.29, 0.717) is 29.2 Å². The minimum atomic E-state index is -0.300. The third-order valence-electron chi connectivity index (χ3n) is 4.16. The number of para-hydroxylation sites is 1. The van der Waals surface area contributed by atoms with E-state index in [1.807, 2.05) is 54.6 Å². The number of hydrogen-bond acceptors (Lipinski definition) is 5. The number of benzene rings is 3. The summed E-state index contributed by atoms with van der Waals surface area (Å²) in [5, 5.41) is 2.49. The molecule has 1 aliphatic heterocycles. The maximum absolute atomic E-state index is 12.7. The molecule has 138 valence electrons. The van der Waals surface area contributed by atoms with Gasteiger partial charge in [0, 0.05) is 5.69 Å². The van der Waals surface area contributed by atoms with Crippen molar-refractivity contribution in [1.29, 1.82) is 0 Å². The van der Waals surface area contributed by atoms with Gasteiger partial charge in [-0.05, 0) is 48.0 Å². The predicted molar refractivity (Wildman–Crippen MR) is 106 cm³/mol. The lowest BCUT2D eigenvalue weighted by atomic mass is 10.1. The summed E-state index contributed by atoms with van der Waals surface area (Å²) >= 11 is 0. The Morgan fingerprint density at radius 3 is 2.54 bits per heavy atom. The molecule has 3 N–H and O–H groups in total. The Morgan fingerprint density at radius 1 is 0.964 bits per heavy atom. The molecule has 1 amide bonds. The molecule has 0 radical (unpaired) electrons. The molecule has 28 heavy (non-hydrogen) atoms. The van der Waals surface area contributed by atoms with Crippen LogP contribution in [0.4, 0.5) is 11.4 Å². The van der Waals surface area contributed by atoms with Crippen molar-refractivity contribution < 1.29 is 19.1 Å². The molecule has 0 spiro atoms. The monoisotopic (exact) mass is 372 g/mol.